The van der Waals surface area contributed by atoms with Gasteiger partial charge in [0.15, 0.2) is 0 Å². The molecule has 0 unspecified atom stereocenters. The molecule has 2 rings (SSSR count). The van der Waals surface area contributed by atoms with Crippen molar-refractivity contribution in [2.45, 2.75) is 32.7 Å². The molecule has 0 aliphatic heterocycles. The molecular weight excluding hydrogens is 238 g/mol. The van der Waals surface area contributed by atoms with E-state index in [1.807, 2.05) is 11.4 Å². The Labute approximate surface area is 107 Å². The minimum absolute atomic E-state index is 0.590. The second kappa shape index (κ2) is 5.35. The van der Waals surface area contributed by atoms with Crippen LogP contribution in [0.15, 0.2) is 17.0 Å². The minimum atomic E-state index is 0.590. The van der Waals surface area contributed by atoms with Crippen molar-refractivity contribution in [3.05, 3.63) is 26.9 Å². The summed E-state index contributed by atoms with van der Waals surface area (Å²) in [6.07, 6.45) is 4.96. The highest BCUT2D eigenvalue weighted by atomic mass is 35.5. The number of hydrogen-bond donors (Lipinski definition) is 1. The molecule has 0 amide bonds. The summed E-state index contributed by atoms with van der Waals surface area (Å²) in [5, 5.41) is 6.40. The van der Waals surface area contributed by atoms with Gasteiger partial charge < -0.3 is 5.32 Å². The Morgan fingerprint density at radius 3 is 2.88 bits per heavy atom. The first-order valence-corrected chi connectivity index (χ1v) is 7.09. The molecule has 0 radical (unpaired) electrons. The normalized spacial score (nSPS) is 17.1. The Morgan fingerprint density at radius 1 is 1.62 bits per heavy atom. The lowest BCUT2D eigenvalue weighted by Gasteiger charge is -2.12. The van der Waals surface area contributed by atoms with Gasteiger partial charge in [-0.05, 0) is 30.9 Å². The van der Waals surface area contributed by atoms with E-state index in [1.54, 1.807) is 11.3 Å². The topological polar surface area (TPSA) is 12.0 Å². The predicted octanol–water partition coefficient (Wildman–Crippen LogP) is 4.19. The summed E-state index contributed by atoms with van der Waals surface area (Å²) in [7, 11) is 0. The van der Waals surface area contributed by atoms with Crippen LogP contribution >= 0.6 is 22.9 Å². The highest BCUT2D eigenvalue weighted by Crippen LogP contribution is 2.24. The molecule has 1 saturated carbocycles. The van der Waals surface area contributed by atoms with Crippen LogP contribution in [0, 0.1) is 5.92 Å². The van der Waals surface area contributed by atoms with E-state index in [9.17, 15) is 0 Å². The van der Waals surface area contributed by atoms with Crippen molar-refractivity contribution in [1.82, 2.24) is 5.32 Å². The standard InChI is InChI=1S/C13H18ClNS/c1-9(2)10(7-15-12-3-4-12)5-13-6-11(14)8-16-13/h5-6,8-9,12,15H,3-4,7H2,1-2H3. The number of rotatable bonds is 5. The van der Waals surface area contributed by atoms with Crippen molar-refractivity contribution in [2.75, 3.05) is 6.54 Å². The van der Waals surface area contributed by atoms with E-state index < -0.39 is 0 Å². The van der Waals surface area contributed by atoms with Crippen LogP contribution in [0.4, 0.5) is 0 Å². The summed E-state index contributed by atoms with van der Waals surface area (Å²) in [6.45, 7) is 5.50. The monoisotopic (exact) mass is 255 g/mol. The average Bonchev–Trinajstić information content (AvgIpc) is 2.96. The van der Waals surface area contributed by atoms with Gasteiger partial charge in [-0.25, -0.2) is 0 Å². The molecule has 1 aromatic heterocycles. The fourth-order valence-corrected chi connectivity index (χ4v) is 2.61. The van der Waals surface area contributed by atoms with Crippen LogP contribution in [0.5, 0.6) is 0 Å². The summed E-state index contributed by atoms with van der Waals surface area (Å²) < 4.78 is 0. The zero-order valence-electron chi connectivity index (χ0n) is 9.79. The first kappa shape index (κ1) is 12.2. The average molecular weight is 256 g/mol. The van der Waals surface area contributed by atoms with E-state index in [0.29, 0.717) is 5.92 Å². The van der Waals surface area contributed by atoms with Crippen LogP contribution in [0.25, 0.3) is 6.08 Å². The fraction of sp³-hybridized carbons (Fsp3) is 0.538. The summed E-state index contributed by atoms with van der Waals surface area (Å²) in [6, 6.07) is 2.81. The van der Waals surface area contributed by atoms with Crippen molar-refractivity contribution in [1.29, 1.82) is 0 Å². The van der Waals surface area contributed by atoms with Crippen LogP contribution in [-0.2, 0) is 0 Å². The maximum Gasteiger partial charge on any atom is 0.0519 e. The summed E-state index contributed by atoms with van der Waals surface area (Å²) in [5.41, 5.74) is 1.46. The van der Waals surface area contributed by atoms with Gasteiger partial charge in [-0.3, -0.25) is 0 Å². The van der Waals surface area contributed by atoms with Crippen LogP contribution in [0.2, 0.25) is 5.02 Å². The van der Waals surface area contributed by atoms with E-state index >= 15 is 0 Å². The van der Waals surface area contributed by atoms with Crippen LogP contribution in [0.3, 0.4) is 0 Å². The van der Waals surface area contributed by atoms with E-state index in [4.69, 9.17) is 11.6 Å². The fourth-order valence-electron chi connectivity index (χ4n) is 1.56. The van der Waals surface area contributed by atoms with Gasteiger partial charge >= 0.3 is 0 Å². The van der Waals surface area contributed by atoms with Gasteiger partial charge in [0.05, 0.1) is 5.02 Å². The molecule has 0 saturated heterocycles. The van der Waals surface area contributed by atoms with E-state index in [-0.39, 0.29) is 0 Å². The lowest BCUT2D eigenvalue weighted by atomic mass is 10.0. The lowest BCUT2D eigenvalue weighted by Crippen LogP contribution is -2.21. The quantitative estimate of drug-likeness (QED) is 0.832. The Morgan fingerprint density at radius 2 is 2.38 bits per heavy atom. The van der Waals surface area contributed by atoms with Gasteiger partial charge in [-0.15, -0.1) is 11.3 Å². The molecule has 1 aliphatic rings. The molecule has 1 fully saturated rings. The van der Waals surface area contributed by atoms with Gasteiger partial charge in [0.1, 0.15) is 0 Å². The lowest BCUT2D eigenvalue weighted by molar-refractivity contribution is 0.663. The first-order chi connectivity index (χ1) is 7.65. The predicted molar refractivity (Wildman–Crippen MR) is 73.2 cm³/mol. The molecule has 88 valence electrons. The molecule has 0 aromatic carbocycles. The van der Waals surface area contributed by atoms with Crippen molar-refractivity contribution >= 4 is 29.0 Å². The smallest absolute Gasteiger partial charge is 0.0519 e. The summed E-state index contributed by atoms with van der Waals surface area (Å²) in [5.74, 6) is 0.590. The zero-order chi connectivity index (χ0) is 11.5. The first-order valence-electron chi connectivity index (χ1n) is 5.83. The Kier molecular flexibility index (Phi) is 4.06. The van der Waals surface area contributed by atoms with Crippen molar-refractivity contribution in [3.8, 4) is 0 Å². The molecule has 16 heavy (non-hydrogen) atoms. The molecule has 1 heterocycles. The number of thiophene rings is 1. The highest BCUT2D eigenvalue weighted by Gasteiger charge is 2.20. The Balaban J connectivity index is 2.01. The van der Waals surface area contributed by atoms with E-state index in [1.165, 1.54) is 23.3 Å². The van der Waals surface area contributed by atoms with Crippen molar-refractivity contribution < 1.29 is 0 Å². The van der Waals surface area contributed by atoms with E-state index in [0.717, 1.165) is 17.6 Å². The van der Waals surface area contributed by atoms with Crippen LogP contribution in [0.1, 0.15) is 31.6 Å². The molecular formula is C13H18ClNS. The Bertz CT molecular complexity index is 377. The SMILES string of the molecule is CC(C)C(=Cc1cc(Cl)cs1)CNC1CC1. The minimum Gasteiger partial charge on any atom is -0.310 e. The van der Waals surface area contributed by atoms with Crippen molar-refractivity contribution in [2.24, 2.45) is 5.92 Å². The molecule has 3 heteroatoms. The third-order valence-corrected chi connectivity index (χ3v) is 4.06. The molecule has 0 spiro atoms. The largest absolute Gasteiger partial charge is 0.310 e. The highest BCUT2D eigenvalue weighted by molar-refractivity contribution is 7.11. The number of nitrogens with one attached hydrogen (secondary N) is 1. The van der Waals surface area contributed by atoms with Gasteiger partial charge in [-0.1, -0.05) is 31.0 Å². The molecule has 1 nitrogen and oxygen atoms in total. The number of hydrogen-bond acceptors (Lipinski definition) is 2. The Hall–Kier alpha value is -0.310. The summed E-state index contributed by atoms with van der Waals surface area (Å²) in [4.78, 5) is 1.26. The molecule has 1 aliphatic carbocycles. The van der Waals surface area contributed by atoms with Gasteiger partial charge in [0, 0.05) is 22.8 Å². The maximum absolute atomic E-state index is 5.93. The number of halogens is 1. The maximum atomic E-state index is 5.93. The zero-order valence-corrected chi connectivity index (χ0v) is 11.4. The molecule has 1 aromatic rings. The third-order valence-electron chi connectivity index (χ3n) is 2.83. The third kappa shape index (κ3) is 3.62. The molecule has 0 atom stereocenters. The molecule has 1 N–H and O–H groups in total. The van der Waals surface area contributed by atoms with Gasteiger partial charge in [0.2, 0.25) is 0 Å². The van der Waals surface area contributed by atoms with E-state index in [2.05, 4.69) is 25.2 Å². The van der Waals surface area contributed by atoms with Crippen LogP contribution in [-0.4, -0.2) is 12.6 Å². The summed E-state index contributed by atoms with van der Waals surface area (Å²) >= 11 is 7.64. The molecule has 0 bridgehead atoms. The van der Waals surface area contributed by atoms with Gasteiger partial charge in [-0.2, -0.15) is 0 Å². The second-order valence-electron chi connectivity index (χ2n) is 4.70. The van der Waals surface area contributed by atoms with Crippen molar-refractivity contribution in [3.63, 3.8) is 0 Å². The second-order valence-corrected chi connectivity index (χ2v) is 6.08. The van der Waals surface area contributed by atoms with Crippen LogP contribution < -0.4 is 5.32 Å². The van der Waals surface area contributed by atoms with Gasteiger partial charge in [0.25, 0.3) is 0 Å².